The van der Waals surface area contributed by atoms with Gasteiger partial charge < -0.3 is 4.90 Å². The molecule has 2 unspecified atom stereocenters. The number of benzene rings is 1. The largest absolute Gasteiger partial charge is 0.300 e. The monoisotopic (exact) mass is 287 g/mol. The first kappa shape index (κ1) is 16.5. The van der Waals surface area contributed by atoms with E-state index in [1.54, 1.807) is 0 Å². The smallest absolute Gasteiger partial charge is 0.00670 e. The summed E-state index contributed by atoms with van der Waals surface area (Å²) < 4.78 is 0. The molecule has 1 heterocycles. The van der Waals surface area contributed by atoms with Crippen LogP contribution in [0.1, 0.15) is 65.0 Å². The molecular formula is C20H33N. The van der Waals surface area contributed by atoms with Crippen molar-refractivity contribution >= 4 is 0 Å². The van der Waals surface area contributed by atoms with Crippen molar-refractivity contribution in [3.8, 4) is 0 Å². The first-order valence-corrected chi connectivity index (χ1v) is 8.70. The maximum Gasteiger partial charge on any atom is 0.00670 e. The summed E-state index contributed by atoms with van der Waals surface area (Å²) in [6.45, 7) is 14.2. The highest BCUT2D eigenvalue weighted by molar-refractivity contribution is 5.27. The SMILES string of the molecule is CC(Cc1ccc(C(C)(C)C)cc1)CN1CCCCC1C. The van der Waals surface area contributed by atoms with Crippen LogP contribution in [0.3, 0.4) is 0 Å². The van der Waals surface area contributed by atoms with E-state index in [4.69, 9.17) is 0 Å². The molecule has 1 aromatic carbocycles. The Morgan fingerprint density at radius 1 is 1.14 bits per heavy atom. The normalized spacial score (nSPS) is 22.2. The molecule has 2 atom stereocenters. The second-order valence-corrected chi connectivity index (χ2v) is 8.10. The summed E-state index contributed by atoms with van der Waals surface area (Å²) in [5, 5.41) is 0. The van der Waals surface area contributed by atoms with Gasteiger partial charge in [0.05, 0.1) is 0 Å². The van der Waals surface area contributed by atoms with E-state index in [2.05, 4.69) is 63.8 Å². The lowest BCUT2D eigenvalue weighted by molar-refractivity contribution is 0.140. The standard InChI is InChI=1S/C20H33N/c1-16(15-21-13-7-6-8-17(21)2)14-18-9-11-19(12-10-18)20(3,4)5/h9-12,16-17H,6-8,13-15H2,1-5H3. The van der Waals surface area contributed by atoms with E-state index in [0.717, 1.165) is 12.0 Å². The minimum Gasteiger partial charge on any atom is -0.300 e. The van der Waals surface area contributed by atoms with Gasteiger partial charge in [0.1, 0.15) is 0 Å². The average Bonchev–Trinajstić information content (AvgIpc) is 2.41. The summed E-state index contributed by atoms with van der Waals surface area (Å²) in [6.07, 6.45) is 5.39. The summed E-state index contributed by atoms with van der Waals surface area (Å²) in [5.74, 6) is 0.742. The van der Waals surface area contributed by atoms with E-state index in [-0.39, 0.29) is 5.41 Å². The van der Waals surface area contributed by atoms with Gasteiger partial charge in [-0.1, -0.05) is 58.4 Å². The van der Waals surface area contributed by atoms with Crippen LogP contribution in [0.15, 0.2) is 24.3 Å². The Balaban J connectivity index is 1.89. The van der Waals surface area contributed by atoms with Crippen LogP contribution in [-0.4, -0.2) is 24.0 Å². The van der Waals surface area contributed by atoms with Crippen LogP contribution in [0, 0.1) is 5.92 Å². The molecule has 0 N–H and O–H groups in total. The third-order valence-corrected chi connectivity index (χ3v) is 4.89. The Hall–Kier alpha value is -0.820. The van der Waals surface area contributed by atoms with E-state index in [1.165, 1.54) is 49.9 Å². The first-order valence-electron chi connectivity index (χ1n) is 8.70. The Morgan fingerprint density at radius 2 is 1.81 bits per heavy atom. The third-order valence-electron chi connectivity index (χ3n) is 4.89. The van der Waals surface area contributed by atoms with Gasteiger partial charge in [0.25, 0.3) is 0 Å². The van der Waals surface area contributed by atoms with Crippen LogP contribution >= 0.6 is 0 Å². The second-order valence-electron chi connectivity index (χ2n) is 8.10. The highest BCUT2D eigenvalue weighted by atomic mass is 15.2. The Morgan fingerprint density at radius 3 is 2.38 bits per heavy atom. The van der Waals surface area contributed by atoms with Crippen LogP contribution in [-0.2, 0) is 11.8 Å². The van der Waals surface area contributed by atoms with Crippen LogP contribution in [0.5, 0.6) is 0 Å². The number of rotatable bonds is 4. The zero-order valence-electron chi connectivity index (χ0n) is 14.7. The van der Waals surface area contributed by atoms with E-state index in [1.807, 2.05) is 0 Å². The van der Waals surface area contributed by atoms with Crippen LogP contribution < -0.4 is 0 Å². The molecule has 1 aliphatic heterocycles. The van der Waals surface area contributed by atoms with Gasteiger partial charge in [-0.15, -0.1) is 0 Å². The molecule has 118 valence electrons. The zero-order valence-corrected chi connectivity index (χ0v) is 14.7. The van der Waals surface area contributed by atoms with Gasteiger partial charge in [-0.25, -0.2) is 0 Å². The summed E-state index contributed by atoms with van der Waals surface area (Å²) in [5.41, 5.74) is 3.18. The molecule has 1 heteroatoms. The quantitative estimate of drug-likeness (QED) is 0.750. The fourth-order valence-electron chi connectivity index (χ4n) is 3.44. The molecule has 0 saturated carbocycles. The number of likely N-dealkylation sites (tertiary alicyclic amines) is 1. The molecule has 0 aliphatic carbocycles. The van der Waals surface area contributed by atoms with E-state index in [9.17, 15) is 0 Å². The van der Waals surface area contributed by atoms with Gasteiger partial charge in [-0.05, 0) is 55.2 Å². The highest BCUT2D eigenvalue weighted by Crippen LogP contribution is 2.23. The van der Waals surface area contributed by atoms with Gasteiger partial charge in [0.15, 0.2) is 0 Å². The predicted molar refractivity (Wildman–Crippen MR) is 92.9 cm³/mol. The first-order chi connectivity index (χ1) is 9.86. The van der Waals surface area contributed by atoms with Crippen molar-refractivity contribution in [2.45, 2.75) is 71.8 Å². The van der Waals surface area contributed by atoms with Crippen molar-refractivity contribution in [3.05, 3.63) is 35.4 Å². The predicted octanol–water partition coefficient (Wildman–Crippen LogP) is 5.04. The van der Waals surface area contributed by atoms with Crippen LogP contribution in [0.4, 0.5) is 0 Å². The van der Waals surface area contributed by atoms with Crippen molar-refractivity contribution in [2.24, 2.45) is 5.92 Å². The lowest BCUT2D eigenvalue weighted by Gasteiger charge is -2.35. The van der Waals surface area contributed by atoms with E-state index < -0.39 is 0 Å². The van der Waals surface area contributed by atoms with Gasteiger partial charge >= 0.3 is 0 Å². The average molecular weight is 287 g/mol. The van der Waals surface area contributed by atoms with Gasteiger partial charge in [-0.2, -0.15) is 0 Å². The molecule has 0 amide bonds. The summed E-state index contributed by atoms with van der Waals surface area (Å²) in [4.78, 5) is 2.69. The number of piperidine rings is 1. The molecule has 0 bridgehead atoms. The van der Waals surface area contributed by atoms with Crippen molar-refractivity contribution in [1.29, 1.82) is 0 Å². The molecule has 1 aromatic rings. The topological polar surface area (TPSA) is 3.24 Å². The number of hydrogen-bond acceptors (Lipinski definition) is 1. The molecule has 1 saturated heterocycles. The van der Waals surface area contributed by atoms with Crippen molar-refractivity contribution in [3.63, 3.8) is 0 Å². The minimum absolute atomic E-state index is 0.257. The summed E-state index contributed by atoms with van der Waals surface area (Å²) in [7, 11) is 0. The molecule has 0 aromatic heterocycles. The fourth-order valence-corrected chi connectivity index (χ4v) is 3.44. The molecule has 2 rings (SSSR count). The van der Waals surface area contributed by atoms with E-state index in [0.29, 0.717) is 0 Å². The lowest BCUT2D eigenvalue weighted by Crippen LogP contribution is -2.40. The molecular weight excluding hydrogens is 254 g/mol. The maximum absolute atomic E-state index is 2.69. The maximum atomic E-state index is 2.69. The van der Waals surface area contributed by atoms with Crippen molar-refractivity contribution in [1.82, 2.24) is 4.90 Å². The van der Waals surface area contributed by atoms with Crippen LogP contribution in [0.2, 0.25) is 0 Å². The summed E-state index contributed by atoms with van der Waals surface area (Å²) >= 11 is 0. The molecule has 1 fully saturated rings. The second kappa shape index (κ2) is 6.96. The Labute approximate surface area is 131 Å². The van der Waals surface area contributed by atoms with Crippen molar-refractivity contribution in [2.75, 3.05) is 13.1 Å². The Kier molecular flexibility index (Phi) is 5.48. The molecule has 0 spiro atoms. The third kappa shape index (κ3) is 4.85. The number of nitrogens with zero attached hydrogens (tertiary/aromatic N) is 1. The Bertz CT molecular complexity index is 426. The van der Waals surface area contributed by atoms with Gasteiger partial charge in [0, 0.05) is 12.6 Å². The van der Waals surface area contributed by atoms with Gasteiger partial charge in [0.2, 0.25) is 0 Å². The molecule has 1 aliphatic rings. The highest BCUT2D eigenvalue weighted by Gasteiger charge is 2.20. The van der Waals surface area contributed by atoms with Crippen molar-refractivity contribution < 1.29 is 0 Å². The molecule has 21 heavy (non-hydrogen) atoms. The summed E-state index contributed by atoms with van der Waals surface area (Å²) in [6, 6.07) is 10.1. The fraction of sp³-hybridized carbons (Fsp3) is 0.700. The van der Waals surface area contributed by atoms with Gasteiger partial charge in [-0.3, -0.25) is 0 Å². The number of hydrogen-bond donors (Lipinski definition) is 0. The zero-order chi connectivity index (χ0) is 15.5. The van der Waals surface area contributed by atoms with Crippen LogP contribution in [0.25, 0.3) is 0 Å². The minimum atomic E-state index is 0.257. The molecule has 1 nitrogen and oxygen atoms in total. The van der Waals surface area contributed by atoms with E-state index >= 15 is 0 Å². The molecule has 0 radical (unpaired) electrons. The lowest BCUT2D eigenvalue weighted by atomic mass is 9.86.